The van der Waals surface area contributed by atoms with Crippen molar-refractivity contribution < 1.29 is 17.6 Å². The second-order valence-electron chi connectivity index (χ2n) is 4.52. The maximum absolute atomic E-state index is 12.1. The van der Waals surface area contributed by atoms with Gasteiger partial charge in [0.25, 0.3) is 15.9 Å². The molecule has 0 radical (unpaired) electrons. The minimum Gasteiger partial charge on any atom is -0.459 e. The van der Waals surface area contributed by atoms with Crippen LogP contribution in [0.25, 0.3) is 0 Å². The summed E-state index contributed by atoms with van der Waals surface area (Å²) in [4.78, 5) is 15.8. The molecule has 0 aliphatic carbocycles. The monoisotopic (exact) mass is 379 g/mol. The van der Waals surface area contributed by atoms with E-state index in [1.807, 2.05) is 13.8 Å². The quantitative estimate of drug-likeness (QED) is 0.226. The molecule has 26 heavy (non-hydrogen) atoms. The minimum absolute atomic E-state index is 0.174. The van der Waals surface area contributed by atoms with Crippen LogP contribution in [0.5, 0.6) is 0 Å². The molecule has 1 aromatic rings. The van der Waals surface area contributed by atoms with Crippen molar-refractivity contribution in [3.8, 4) is 12.3 Å². The molecular formula is C18H25N3O4S. The molecule has 142 valence electrons. The van der Waals surface area contributed by atoms with E-state index in [4.69, 9.17) is 10.8 Å². The molecule has 0 fully saturated rings. The fourth-order valence-corrected chi connectivity index (χ4v) is 2.68. The van der Waals surface area contributed by atoms with E-state index < -0.39 is 15.3 Å². The van der Waals surface area contributed by atoms with Gasteiger partial charge in [-0.3, -0.25) is 14.5 Å². The molecule has 1 aromatic heterocycles. The standard InChI is InChI=1S/C16H19N3O4S.C2H6/c1-4-8-15(19-24(21,22)13(5-2)6-3)17-10-11-18-16(20)14-9-7-12-23-14;1-2/h2,4,6-7,9,12-13H,1,3,8,10-11H2,(H,17,19)(H,18,20);1-2H3. The number of hydrogen-bond donors (Lipinski definition) is 2. The molecule has 1 unspecified atom stereocenters. The number of carbonyl (C=O) groups excluding carboxylic acids is 1. The predicted octanol–water partition coefficient (Wildman–Crippen LogP) is 2.12. The topological polar surface area (TPSA) is 101 Å². The zero-order valence-electron chi connectivity index (χ0n) is 15.1. The first-order valence-electron chi connectivity index (χ1n) is 8.00. The summed E-state index contributed by atoms with van der Waals surface area (Å²) in [5.74, 6) is 2.11. The van der Waals surface area contributed by atoms with Gasteiger partial charge in [0, 0.05) is 13.0 Å². The summed E-state index contributed by atoms with van der Waals surface area (Å²) in [6.45, 7) is 11.3. The van der Waals surface area contributed by atoms with Crippen LogP contribution < -0.4 is 10.0 Å². The summed E-state index contributed by atoms with van der Waals surface area (Å²) in [5, 5.41) is 1.44. The Hall–Kier alpha value is -2.79. The molecule has 0 spiro atoms. The molecule has 1 amide bonds. The number of carbonyl (C=O) groups is 1. The van der Waals surface area contributed by atoms with Crippen molar-refractivity contribution in [2.75, 3.05) is 13.1 Å². The summed E-state index contributed by atoms with van der Waals surface area (Å²) in [6, 6.07) is 3.14. The van der Waals surface area contributed by atoms with Gasteiger partial charge in [0.1, 0.15) is 5.84 Å². The van der Waals surface area contributed by atoms with Gasteiger partial charge in [-0.15, -0.1) is 19.6 Å². The number of hydrogen-bond acceptors (Lipinski definition) is 5. The van der Waals surface area contributed by atoms with Crippen molar-refractivity contribution in [1.29, 1.82) is 0 Å². The van der Waals surface area contributed by atoms with Gasteiger partial charge < -0.3 is 9.73 Å². The third kappa shape index (κ3) is 7.85. The first kappa shape index (κ1) is 23.2. The van der Waals surface area contributed by atoms with Crippen LogP contribution in [-0.2, 0) is 10.0 Å². The molecule has 0 saturated carbocycles. The van der Waals surface area contributed by atoms with Crippen LogP contribution in [0.2, 0.25) is 0 Å². The molecule has 1 atom stereocenters. The number of amides is 1. The van der Waals surface area contributed by atoms with Crippen molar-refractivity contribution in [1.82, 2.24) is 10.0 Å². The molecule has 0 aromatic carbocycles. The summed E-state index contributed by atoms with van der Waals surface area (Å²) in [6.07, 6.45) is 9.42. The lowest BCUT2D eigenvalue weighted by atomic mass is 10.4. The molecule has 0 aliphatic rings. The Balaban J connectivity index is 0.00000301. The van der Waals surface area contributed by atoms with Gasteiger partial charge in [-0.25, -0.2) is 8.42 Å². The average molecular weight is 379 g/mol. The molecule has 8 heteroatoms. The second-order valence-corrected chi connectivity index (χ2v) is 6.33. The van der Waals surface area contributed by atoms with Crippen LogP contribution in [0.3, 0.4) is 0 Å². The average Bonchev–Trinajstić information content (AvgIpc) is 3.15. The first-order chi connectivity index (χ1) is 12.4. The Morgan fingerprint density at radius 2 is 2.15 bits per heavy atom. The van der Waals surface area contributed by atoms with Gasteiger partial charge in [0.2, 0.25) is 0 Å². The van der Waals surface area contributed by atoms with Crippen LogP contribution in [0.15, 0.2) is 53.1 Å². The number of amidine groups is 1. The number of furan rings is 1. The van der Waals surface area contributed by atoms with Crippen molar-refractivity contribution in [3.05, 3.63) is 49.5 Å². The highest BCUT2D eigenvalue weighted by Gasteiger charge is 2.21. The smallest absolute Gasteiger partial charge is 0.287 e. The van der Waals surface area contributed by atoms with E-state index in [-0.39, 0.29) is 37.0 Å². The zero-order chi connectivity index (χ0) is 20.0. The van der Waals surface area contributed by atoms with Crippen LogP contribution in [0, 0.1) is 12.3 Å². The summed E-state index contributed by atoms with van der Waals surface area (Å²) < 4.78 is 31.4. The van der Waals surface area contributed by atoms with Crippen LogP contribution in [0.4, 0.5) is 0 Å². The lowest BCUT2D eigenvalue weighted by Gasteiger charge is -2.12. The van der Waals surface area contributed by atoms with E-state index >= 15 is 0 Å². The number of terminal acetylenes is 1. The van der Waals surface area contributed by atoms with Gasteiger partial charge in [-0.05, 0) is 12.1 Å². The second kappa shape index (κ2) is 12.6. The fourth-order valence-electron chi connectivity index (χ4n) is 1.64. The third-order valence-corrected chi connectivity index (χ3v) is 4.27. The highest BCUT2D eigenvalue weighted by Crippen LogP contribution is 2.01. The Morgan fingerprint density at radius 1 is 1.46 bits per heavy atom. The zero-order valence-corrected chi connectivity index (χ0v) is 15.9. The van der Waals surface area contributed by atoms with Crippen LogP contribution in [0.1, 0.15) is 30.8 Å². The molecule has 1 heterocycles. The third-order valence-electron chi connectivity index (χ3n) is 2.76. The number of nitrogens with zero attached hydrogens (tertiary/aromatic N) is 1. The minimum atomic E-state index is -3.82. The molecule has 0 bridgehead atoms. The summed E-state index contributed by atoms with van der Waals surface area (Å²) in [5.41, 5.74) is 0. The van der Waals surface area contributed by atoms with E-state index in [1.165, 1.54) is 18.4 Å². The first-order valence-corrected chi connectivity index (χ1v) is 9.55. The van der Waals surface area contributed by atoms with Gasteiger partial charge >= 0.3 is 0 Å². The van der Waals surface area contributed by atoms with Crippen molar-refractivity contribution >= 4 is 21.8 Å². The van der Waals surface area contributed by atoms with Crippen molar-refractivity contribution in [2.24, 2.45) is 4.99 Å². The van der Waals surface area contributed by atoms with Gasteiger partial charge in [-0.2, -0.15) is 0 Å². The molecule has 0 saturated heterocycles. The summed E-state index contributed by atoms with van der Waals surface area (Å²) in [7, 11) is -3.82. The number of aliphatic imine (C=N–C) groups is 1. The van der Waals surface area contributed by atoms with Crippen molar-refractivity contribution in [2.45, 2.75) is 25.5 Å². The number of sulfonamides is 1. The normalized spacial score (nSPS) is 12.0. The van der Waals surface area contributed by atoms with E-state index in [1.54, 1.807) is 6.07 Å². The molecule has 1 rings (SSSR count). The summed E-state index contributed by atoms with van der Waals surface area (Å²) >= 11 is 0. The molecule has 0 aliphatic heterocycles. The largest absolute Gasteiger partial charge is 0.459 e. The van der Waals surface area contributed by atoms with Gasteiger partial charge in [0.15, 0.2) is 11.0 Å². The van der Waals surface area contributed by atoms with E-state index in [2.05, 4.69) is 34.1 Å². The Bertz CT molecular complexity index is 744. The molecule has 7 nitrogen and oxygen atoms in total. The van der Waals surface area contributed by atoms with E-state index in [9.17, 15) is 13.2 Å². The maximum Gasteiger partial charge on any atom is 0.287 e. The van der Waals surface area contributed by atoms with Crippen LogP contribution >= 0.6 is 0 Å². The Labute approximate surface area is 155 Å². The van der Waals surface area contributed by atoms with Crippen LogP contribution in [-0.4, -0.2) is 38.5 Å². The lowest BCUT2D eigenvalue weighted by Crippen LogP contribution is -2.37. The van der Waals surface area contributed by atoms with E-state index in [0.717, 1.165) is 6.08 Å². The van der Waals surface area contributed by atoms with Gasteiger partial charge in [-0.1, -0.05) is 31.9 Å². The highest BCUT2D eigenvalue weighted by atomic mass is 32.2. The number of rotatable bonds is 9. The SMILES string of the molecule is C#CC(C=C)S(=O)(=O)NC(CC=C)=NCCNC(=O)c1ccco1.CC. The van der Waals surface area contributed by atoms with Gasteiger partial charge in [0.05, 0.1) is 12.8 Å². The molecular weight excluding hydrogens is 354 g/mol. The van der Waals surface area contributed by atoms with Crippen molar-refractivity contribution in [3.63, 3.8) is 0 Å². The highest BCUT2D eigenvalue weighted by molar-refractivity contribution is 7.91. The fraction of sp³-hybridized carbons (Fsp3) is 0.333. The molecule has 2 N–H and O–H groups in total. The lowest BCUT2D eigenvalue weighted by molar-refractivity contribution is 0.0927. The Morgan fingerprint density at radius 3 is 2.65 bits per heavy atom. The van der Waals surface area contributed by atoms with E-state index in [0.29, 0.717) is 0 Å². The maximum atomic E-state index is 12.1. The number of nitrogens with one attached hydrogen (secondary N) is 2. The predicted molar refractivity (Wildman–Crippen MR) is 104 cm³/mol. The Kier molecular flexibility index (Phi) is 11.2.